The van der Waals surface area contributed by atoms with Crippen LogP contribution in [0.1, 0.15) is 24.5 Å². The highest BCUT2D eigenvalue weighted by Crippen LogP contribution is 2.17. The molecule has 0 aromatic heterocycles. The lowest BCUT2D eigenvalue weighted by Gasteiger charge is -2.33. The van der Waals surface area contributed by atoms with E-state index in [-0.39, 0.29) is 17.3 Å². The Morgan fingerprint density at radius 2 is 1.75 bits per heavy atom. The van der Waals surface area contributed by atoms with Crippen molar-refractivity contribution < 1.29 is 13.2 Å². The Hall–Kier alpha value is -1.48. The Morgan fingerprint density at radius 1 is 1.11 bits per heavy atom. The van der Waals surface area contributed by atoms with Gasteiger partial charge >= 0.3 is 0 Å². The summed E-state index contributed by atoms with van der Waals surface area (Å²) in [6.45, 7) is 12.8. The molecule has 158 valence electrons. The van der Waals surface area contributed by atoms with E-state index in [4.69, 9.17) is 0 Å². The second-order valence-electron chi connectivity index (χ2n) is 7.49. The number of piperazine rings is 1. The molecule has 2 rings (SSSR count). The standard InChI is InChI=1S/C20H34N4O3S/c1-5-23-11-13-24(14-12-23)10-6-9-21-20(25)16-22(4)28(26,27)19-8-7-17(2)18(3)15-19/h7-8,15H,5-6,9-14,16H2,1-4H3,(H,21,25). The van der Waals surface area contributed by atoms with E-state index in [9.17, 15) is 13.2 Å². The zero-order chi connectivity index (χ0) is 20.7. The molecule has 1 amide bonds. The molecule has 0 saturated carbocycles. The summed E-state index contributed by atoms with van der Waals surface area (Å²) < 4.78 is 26.4. The van der Waals surface area contributed by atoms with Crippen molar-refractivity contribution in [1.82, 2.24) is 19.4 Å². The molecule has 1 saturated heterocycles. The van der Waals surface area contributed by atoms with E-state index in [1.54, 1.807) is 18.2 Å². The smallest absolute Gasteiger partial charge is 0.243 e. The van der Waals surface area contributed by atoms with Gasteiger partial charge in [0.15, 0.2) is 0 Å². The van der Waals surface area contributed by atoms with Crippen LogP contribution in [0.15, 0.2) is 23.1 Å². The zero-order valence-electron chi connectivity index (χ0n) is 17.6. The number of rotatable bonds is 9. The number of aryl methyl sites for hydroxylation is 2. The summed E-state index contributed by atoms with van der Waals surface area (Å²) in [5.41, 5.74) is 1.95. The maximum absolute atomic E-state index is 12.7. The molecule has 1 aromatic carbocycles. The van der Waals surface area contributed by atoms with Gasteiger partial charge in [-0.15, -0.1) is 0 Å². The van der Waals surface area contributed by atoms with Crippen LogP contribution >= 0.6 is 0 Å². The molecule has 1 aliphatic rings. The molecule has 0 radical (unpaired) electrons. The number of carbonyl (C=O) groups is 1. The Kier molecular flexibility index (Phi) is 8.42. The molecule has 1 aromatic rings. The largest absolute Gasteiger partial charge is 0.355 e. The molecule has 28 heavy (non-hydrogen) atoms. The maximum atomic E-state index is 12.7. The molecule has 1 N–H and O–H groups in total. The number of sulfonamides is 1. The number of nitrogens with one attached hydrogen (secondary N) is 1. The molecule has 7 nitrogen and oxygen atoms in total. The quantitative estimate of drug-likeness (QED) is 0.617. The van der Waals surface area contributed by atoms with Gasteiger partial charge in [0.05, 0.1) is 11.4 Å². The van der Waals surface area contributed by atoms with Crippen LogP contribution in [0.5, 0.6) is 0 Å². The second kappa shape index (κ2) is 10.3. The van der Waals surface area contributed by atoms with Crippen LogP contribution in [0, 0.1) is 13.8 Å². The van der Waals surface area contributed by atoms with E-state index in [1.165, 1.54) is 7.05 Å². The number of likely N-dealkylation sites (N-methyl/N-ethyl adjacent to an activating group) is 2. The number of hydrogen-bond acceptors (Lipinski definition) is 5. The third kappa shape index (κ3) is 6.27. The van der Waals surface area contributed by atoms with Gasteiger partial charge in [-0.1, -0.05) is 13.0 Å². The van der Waals surface area contributed by atoms with E-state index in [2.05, 4.69) is 22.0 Å². The van der Waals surface area contributed by atoms with Crippen molar-refractivity contribution in [3.05, 3.63) is 29.3 Å². The highest BCUT2D eigenvalue weighted by Gasteiger charge is 2.23. The molecule has 0 bridgehead atoms. The van der Waals surface area contributed by atoms with Crippen molar-refractivity contribution in [2.75, 3.05) is 59.4 Å². The van der Waals surface area contributed by atoms with Gasteiger partial charge in [-0.2, -0.15) is 4.31 Å². The molecular weight excluding hydrogens is 376 g/mol. The lowest BCUT2D eigenvalue weighted by atomic mass is 10.1. The molecule has 0 unspecified atom stereocenters. The van der Waals surface area contributed by atoms with Crippen molar-refractivity contribution in [1.29, 1.82) is 0 Å². The summed E-state index contributed by atoms with van der Waals surface area (Å²) >= 11 is 0. The van der Waals surface area contributed by atoms with Crippen LogP contribution in [0.3, 0.4) is 0 Å². The summed E-state index contributed by atoms with van der Waals surface area (Å²) in [7, 11) is -2.23. The van der Waals surface area contributed by atoms with Crippen LogP contribution in [0.4, 0.5) is 0 Å². The summed E-state index contributed by atoms with van der Waals surface area (Å²) in [4.78, 5) is 17.2. The van der Waals surface area contributed by atoms with Gasteiger partial charge in [-0.3, -0.25) is 4.79 Å². The molecule has 8 heteroatoms. The van der Waals surface area contributed by atoms with Gasteiger partial charge in [0, 0.05) is 39.8 Å². The van der Waals surface area contributed by atoms with E-state index >= 15 is 0 Å². The molecule has 1 heterocycles. The Morgan fingerprint density at radius 3 is 2.36 bits per heavy atom. The van der Waals surface area contributed by atoms with Gasteiger partial charge in [-0.25, -0.2) is 8.42 Å². The summed E-state index contributed by atoms with van der Waals surface area (Å²) in [6, 6.07) is 5.03. The Bertz CT molecular complexity index is 759. The van der Waals surface area contributed by atoms with Crippen molar-refractivity contribution >= 4 is 15.9 Å². The number of nitrogens with zero attached hydrogens (tertiary/aromatic N) is 3. The van der Waals surface area contributed by atoms with Crippen molar-refractivity contribution in [2.24, 2.45) is 0 Å². The predicted octanol–water partition coefficient (Wildman–Crippen LogP) is 1.07. The summed E-state index contributed by atoms with van der Waals surface area (Å²) in [5, 5.41) is 2.84. The van der Waals surface area contributed by atoms with Crippen LogP contribution < -0.4 is 5.32 Å². The van der Waals surface area contributed by atoms with E-state index in [0.717, 1.165) is 61.1 Å². The zero-order valence-corrected chi connectivity index (χ0v) is 18.4. The van der Waals surface area contributed by atoms with Gasteiger partial charge in [-0.05, 0) is 56.6 Å². The minimum absolute atomic E-state index is 0.176. The average Bonchev–Trinajstić information content (AvgIpc) is 2.67. The average molecular weight is 411 g/mol. The predicted molar refractivity (Wildman–Crippen MR) is 112 cm³/mol. The number of carbonyl (C=O) groups excluding carboxylic acids is 1. The first-order valence-electron chi connectivity index (χ1n) is 9.99. The van der Waals surface area contributed by atoms with Gasteiger partial charge in [0.2, 0.25) is 15.9 Å². The lowest BCUT2D eigenvalue weighted by Crippen LogP contribution is -2.46. The van der Waals surface area contributed by atoms with Crippen LogP contribution in [0.25, 0.3) is 0 Å². The minimum atomic E-state index is -3.67. The van der Waals surface area contributed by atoms with Crippen LogP contribution in [-0.2, 0) is 14.8 Å². The number of benzene rings is 1. The topological polar surface area (TPSA) is 73.0 Å². The van der Waals surface area contributed by atoms with E-state index in [0.29, 0.717) is 6.54 Å². The third-order valence-corrected chi connectivity index (χ3v) is 7.24. The fourth-order valence-electron chi connectivity index (χ4n) is 3.26. The molecule has 1 fully saturated rings. The van der Waals surface area contributed by atoms with E-state index < -0.39 is 10.0 Å². The minimum Gasteiger partial charge on any atom is -0.355 e. The van der Waals surface area contributed by atoms with Gasteiger partial charge < -0.3 is 15.1 Å². The first kappa shape index (κ1) is 22.8. The van der Waals surface area contributed by atoms with Crippen LogP contribution in [0.2, 0.25) is 0 Å². The molecular formula is C20H34N4O3S. The maximum Gasteiger partial charge on any atom is 0.243 e. The Balaban J connectivity index is 1.74. The second-order valence-corrected chi connectivity index (χ2v) is 9.53. The molecule has 0 aliphatic carbocycles. The molecule has 1 aliphatic heterocycles. The van der Waals surface area contributed by atoms with Gasteiger partial charge in [0.25, 0.3) is 0 Å². The lowest BCUT2D eigenvalue weighted by molar-refractivity contribution is -0.121. The number of hydrogen-bond donors (Lipinski definition) is 1. The summed E-state index contributed by atoms with van der Waals surface area (Å²) in [5.74, 6) is -0.272. The number of amides is 1. The normalized spacial score (nSPS) is 16.5. The molecule has 0 atom stereocenters. The van der Waals surface area contributed by atoms with Crippen molar-refractivity contribution in [2.45, 2.75) is 32.1 Å². The monoisotopic (exact) mass is 410 g/mol. The van der Waals surface area contributed by atoms with Gasteiger partial charge in [0.1, 0.15) is 0 Å². The highest BCUT2D eigenvalue weighted by molar-refractivity contribution is 7.89. The molecule has 0 spiro atoms. The SMILES string of the molecule is CCN1CCN(CCCNC(=O)CN(C)S(=O)(=O)c2ccc(C)c(C)c2)CC1. The fraction of sp³-hybridized carbons (Fsp3) is 0.650. The highest BCUT2D eigenvalue weighted by atomic mass is 32.2. The van der Waals surface area contributed by atoms with Crippen molar-refractivity contribution in [3.63, 3.8) is 0 Å². The Labute approximate surface area is 169 Å². The van der Waals surface area contributed by atoms with E-state index in [1.807, 2.05) is 13.8 Å². The first-order valence-corrected chi connectivity index (χ1v) is 11.4. The summed E-state index contributed by atoms with van der Waals surface area (Å²) in [6.07, 6.45) is 0.867. The van der Waals surface area contributed by atoms with Crippen LogP contribution in [-0.4, -0.2) is 87.8 Å². The van der Waals surface area contributed by atoms with Crippen molar-refractivity contribution in [3.8, 4) is 0 Å². The fourth-order valence-corrected chi connectivity index (χ4v) is 4.47. The third-order valence-electron chi connectivity index (χ3n) is 5.44. The first-order chi connectivity index (χ1) is 13.2.